The van der Waals surface area contributed by atoms with Crippen LogP contribution in [0.1, 0.15) is 30.9 Å². The molecule has 0 aromatic heterocycles. The van der Waals surface area contributed by atoms with Crippen molar-refractivity contribution in [3.05, 3.63) is 35.4 Å². The first-order valence-electron chi connectivity index (χ1n) is 7.78. The zero-order valence-corrected chi connectivity index (χ0v) is 13.4. The number of benzene rings is 1. The first-order valence-corrected chi connectivity index (χ1v) is 7.78. The average Bonchev–Trinajstić information content (AvgIpc) is 2.58. The Labute approximate surface area is 138 Å². The maximum Gasteiger partial charge on any atom is 0.416 e. The summed E-state index contributed by atoms with van der Waals surface area (Å²) in [5, 5.41) is 2.67. The molecule has 0 atom stereocenters. The van der Waals surface area contributed by atoms with Crippen molar-refractivity contribution in [3.63, 3.8) is 0 Å². The fourth-order valence-electron chi connectivity index (χ4n) is 2.78. The first-order chi connectivity index (χ1) is 11.4. The van der Waals surface area contributed by atoms with Crippen molar-refractivity contribution in [2.24, 2.45) is 0 Å². The average molecular weight is 346 g/mol. The minimum atomic E-state index is -4.40. The molecule has 1 fully saturated rings. The molecule has 2 rings (SSSR count). The lowest BCUT2D eigenvalue weighted by molar-refractivity contribution is -0.137. The lowest BCUT2D eigenvalue weighted by atomic mass is 9.73. The van der Waals surface area contributed by atoms with Gasteiger partial charge in [0.15, 0.2) is 0 Å². The number of halogens is 3. The molecule has 1 aromatic rings. The number of carbonyl (C=O) groups is 1. The van der Waals surface area contributed by atoms with Gasteiger partial charge in [0, 0.05) is 25.2 Å². The van der Waals surface area contributed by atoms with E-state index >= 15 is 0 Å². The van der Waals surface area contributed by atoms with Crippen LogP contribution >= 0.6 is 0 Å². The summed E-state index contributed by atoms with van der Waals surface area (Å²) in [5.74, 6) is 0. The molecule has 2 N–H and O–H groups in total. The number of hydroxylamine groups is 1. The van der Waals surface area contributed by atoms with Crippen LogP contribution in [0.15, 0.2) is 24.3 Å². The molecule has 1 saturated heterocycles. The highest BCUT2D eigenvalue weighted by Gasteiger charge is 2.37. The van der Waals surface area contributed by atoms with E-state index in [0.717, 1.165) is 12.1 Å². The number of amides is 2. The Balaban J connectivity index is 2.20. The molecule has 0 bridgehead atoms. The molecule has 24 heavy (non-hydrogen) atoms. The van der Waals surface area contributed by atoms with Crippen molar-refractivity contribution in [2.75, 3.05) is 26.4 Å². The Kier molecular flexibility index (Phi) is 6.06. The Morgan fingerprint density at radius 2 is 2.04 bits per heavy atom. The Hall–Kier alpha value is -1.80. The summed E-state index contributed by atoms with van der Waals surface area (Å²) >= 11 is 0. The fraction of sp³-hybridized carbons (Fsp3) is 0.562. The van der Waals surface area contributed by atoms with Crippen molar-refractivity contribution < 1.29 is 27.5 Å². The third kappa shape index (κ3) is 4.61. The van der Waals surface area contributed by atoms with E-state index in [1.807, 2.05) is 0 Å². The number of hydrogen-bond acceptors (Lipinski definition) is 3. The molecule has 0 spiro atoms. The maximum absolute atomic E-state index is 13.0. The van der Waals surface area contributed by atoms with Crippen LogP contribution in [0.3, 0.4) is 0 Å². The van der Waals surface area contributed by atoms with Crippen LogP contribution in [0.5, 0.6) is 0 Å². The summed E-state index contributed by atoms with van der Waals surface area (Å²) in [7, 11) is 0. The molecule has 8 heteroatoms. The topological polar surface area (TPSA) is 59.6 Å². The molecule has 1 aliphatic heterocycles. The molecule has 0 saturated carbocycles. The van der Waals surface area contributed by atoms with Gasteiger partial charge in [0.25, 0.3) is 0 Å². The highest BCUT2D eigenvalue weighted by atomic mass is 19.4. The van der Waals surface area contributed by atoms with E-state index in [4.69, 9.17) is 9.57 Å². The van der Waals surface area contributed by atoms with Crippen LogP contribution in [0.4, 0.5) is 18.0 Å². The van der Waals surface area contributed by atoms with Gasteiger partial charge < -0.3 is 10.1 Å². The van der Waals surface area contributed by atoms with Crippen molar-refractivity contribution >= 4 is 6.03 Å². The molecule has 0 aliphatic carbocycles. The number of rotatable bonds is 5. The largest absolute Gasteiger partial charge is 0.416 e. The van der Waals surface area contributed by atoms with Crippen molar-refractivity contribution in [1.29, 1.82) is 0 Å². The molecule has 0 unspecified atom stereocenters. The summed E-state index contributed by atoms with van der Waals surface area (Å²) in [6, 6.07) is 4.76. The standard InChI is InChI=1S/C16H21F3N2O3/c1-2-24-21-14(22)20-11-15(6-8-23-9-7-15)12-4-3-5-13(10-12)16(17,18)19/h3-5,10H,2,6-9,11H2,1H3,(H2,20,21,22). The summed E-state index contributed by atoms with van der Waals surface area (Å²) in [6.07, 6.45) is -3.34. The summed E-state index contributed by atoms with van der Waals surface area (Å²) in [5.41, 5.74) is 1.48. The Bertz CT molecular complexity index is 558. The van der Waals surface area contributed by atoms with Gasteiger partial charge in [-0.05, 0) is 31.4 Å². The second-order valence-electron chi connectivity index (χ2n) is 5.69. The predicted octanol–water partition coefficient (Wildman–Crippen LogP) is 3.00. The quantitative estimate of drug-likeness (QED) is 0.806. The summed E-state index contributed by atoms with van der Waals surface area (Å²) in [4.78, 5) is 16.5. The van der Waals surface area contributed by atoms with Gasteiger partial charge in [-0.3, -0.25) is 4.84 Å². The predicted molar refractivity (Wildman–Crippen MR) is 81.3 cm³/mol. The molecular weight excluding hydrogens is 325 g/mol. The van der Waals surface area contributed by atoms with Crippen molar-refractivity contribution in [2.45, 2.75) is 31.4 Å². The summed E-state index contributed by atoms with van der Waals surface area (Å²) in [6.45, 7) is 3.12. The number of carbonyl (C=O) groups excluding carboxylic acids is 1. The number of ether oxygens (including phenoxy) is 1. The fourth-order valence-corrected chi connectivity index (χ4v) is 2.78. The van der Waals surface area contributed by atoms with Gasteiger partial charge in [0.05, 0.1) is 12.2 Å². The molecule has 0 radical (unpaired) electrons. The van der Waals surface area contributed by atoms with Crippen LogP contribution in [-0.4, -0.2) is 32.4 Å². The lowest BCUT2D eigenvalue weighted by Gasteiger charge is -2.38. The first kappa shape index (κ1) is 18.5. The van der Waals surface area contributed by atoms with Gasteiger partial charge in [-0.15, -0.1) is 0 Å². The highest BCUT2D eigenvalue weighted by Crippen LogP contribution is 2.37. The lowest BCUT2D eigenvalue weighted by Crippen LogP contribution is -2.47. The number of hydrogen-bond donors (Lipinski definition) is 2. The zero-order valence-electron chi connectivity index (χ0n) is 13.4. The van der Waals surface area contributed by atoms with Gasteiger partial charge in [-0.1, -0.05) is 18.2 Å². The normalized spacial score (nSPS) is 17.3. The van der Waals surface area contributed by atoms with Crippen molar-refractivity contribution in [1.82, 2.24) is 10.8 Å². The highest BCUT2D eigenvalue weighted by molar-refractivity contribution is 5.72. The van der Waals surface area contributed by atoms with Crippen LogP contribution in [0.25, 0.3) is 0 Å². The Morgan fingerprint density at radius 3 is 2.67 bits per heavy atom. The third-order valence-electron chi connectivity index (χ3n) is 4.15. The third-order valence-corrected chi connectivity index (χ3v) is 4.15. The SMILES string of the molecule is CCONC(=O)NCC1(c2cccc(C(F)(F)F)c2)CCOCC1. The smallest absolute Gasteiger partial charge is 0.381 e. The van der Waals surface area contributed by atoms with Crippen LogP contribution in [-0.2, 0) is 21.2 Å². The van der Waals surface area contributed by atoms with Gasteiger partial charge in [-0.2, -0.15) is 13.2 Å². The molecule has 134 valence electrons. The van der Waals surface area contributed by atoms with E-state index in [1.165, 1.54) is 6.07 Å². The Morgan fingerprint density at radius 1 is 1.33 bits per heavy atom. The number of alkyl halides is 3. The van der Waals surface area contributed by atoms with E-state index in [1.54, 1.807) is 13.0 Å². The maximum atomic E-state index is 13.0. The molecule has 1 aliphatic rings. The second-order valence-corrected chi connectivity index (χ2v) is 5.69. The molecular formula is C16H21F3N2O3. The van der Waals surface area contributed by atoms with Crippen LogP contribution < -0.4 is 10.8 Å². The number of urea groups is 1. The second kappa shape index (κ2) is 7.85. The number of nitrogens with one attached hydrogen (secondary N) is 2. The van der Waals surface area contributed by atoms with Gasteiger partial charge in [-0.25, -0.2) is 10.3 Å². The van der Waals surface area contributed by atoms with E-state index in [-0.39, 0.29) is 6.54 Å². The summed E-state index contributed by atoms with van der Waals surface area (Å²) < 4.78 is 44.3. The van der Waals surface area contributed by atoms with E-state index in [9.17, 15) is 18.0 Å². The molecule has 2 amide bonds. The zero-order chi connectivity index (χ0) is 17.6. The van der Waals surface area contributed by atoms with Gasteiger partial charge in [0.1, 0.15) is 0 Å². The van der Waals surface area contributed by atoms with E-state index in [2.05, 4.69) is 10.8 Å². The van der Waals surface area contributed by atoms with Crippen LogP contribution in [0.2, 0.25) is 0 Å². The van der Waals surface area contributed by atoms with E-state index < -0.39 is 23.2 Å². The molecule has 1 aromatic carbocycles. The van der Waals surface area contributed by atoms with Gasteiger partial charge in [0.2, 0.25) is 0 Å². The van der Waals surface area contributed by atoms with Gasteiger partial charge >= 0.3 is 12.2 Å². The minimum Gasteiger partial charge on any atom is -0.381 e. The van der Waals surface area contributed by atoms with Crippen molar-refractivity contribution in [3.8, 4) is 0 Å². The van der Waals surface area contributed by atoms with Crippen LogP contribution in [0, 0.1) is 0 Å². The monoisotopic (exact) mass is 346 g/mol. The molecule has 5 nitrogen and oxygen atoms in total. The van der Waals surface area contributed by atoms with E-state index in [0.29, 0.717) is 38.2 Å². The minimum absolute atomic E-state index is 0.205. The molecule has 1 heterocycles.